The molecule has 84 valence electrons. The molecule has 1 aromatic heterocycles. The van der Waals surface area contributed by atoms with Crippen molar-refractivity contribution in [3.8, 4) is 0 Å². The van der Waals surface area contributed by atoms with Gasteiger partial charge in [0.15, 0.2) is 0 Å². The Morgan fingerprint density at radius 3 is 2.87 bits per heavy atom. The number of furan rings is 1. The maximum atomic E-state index is 5.51. The Labute approximate surface area is 92.1 Å². The third-order valence-corrected chi connectivity index (χ3v) is 3.14. The van der Waals surface area contributed by atoms with Crippen molar-refractivity contribution in [2.75, 3.05) is 6.54 Å². The molecule has 1 aromatic rings. The molecule has 0 bridgehead atoms. The van der Waals surface area contributed by atoms with E-state index in [1.165, 1.54) is 24.8 Å². The van der Waals surface area contributed by atoms with Crippen LogP contribution in [0.15, 0.2) is 16.7 Å². The highest BCUT2D eigenvalue weighted by molar-refractivity contribution is 5.23. The first-order valence-electron chi connectivity index (χ1n) is 6.16. The van der Waals surface area contributed by atoms with E-state index < -0.39 is 0 Å². The van der Waals surface area contributed by atoms with Gasteiger partial charge in [-0.2, -0.15) is 0 Å². The molecule has 0 spiro atoms. The molecule has 1 N–H and O–H groups in total. The number of aryl methyl sites for hydroxylation is 1. The second-order valence-corrected chi connectivity index (χ2v) is 4.42. The van der Waals surface area contributed by atoms with Gasteiger partial charge in [-0.3, -0.25) is 0 Å². The molecule has 2 nitrogen and oxygen atoms in total. The van der Waals surface area contributed by atoms with Crippen LogP contribution in [0.1, 0.15) is 50.5 Å². The van der Waals surface area contributed by atoms with Crippen molar-refractivity contribution in [2.24, 2.45) is 5.92 Å². The van der Waals surface area contributed by atoms with E-state index in [9.17, 15) is 0 Å². The zero-order valence-corrected chi connectivity index (χ0v) is 9.75. The van der Waals surface area contributed by atoms with Gasteiger partial charge in [-0.1, -0.05) is 13.8 Å². The average molecular weight is 207 g/mol. The van der Waals surface area contributed by atoms with Gasteiger partial charge in [-0.05, 0) is 37.8 Å². The number of rotatable bonds is 6. The van der Waals surface area contributed by atoms with E-state index in [-0.39, 0.29) is 0 Å². The Hall–Kier alpha value is -0.760. The maximum absolute atomic E-state index is 5.51. The fourth-order valence-electron chi connectivity index (χ4n) is 2.17. The normalized spacial score (nSPS) is 18.0. The molecule has 15 heavy (non-hydrogen) atoms. The van der Waals surface area contributed by atoms with Crippen LogP contribution in [0.4, 0.5) is 0 Å². The van der Waals surface area contributed by atoms with Gasteiger partial charge >= 0.3 is 0 Å². The number of nitrogens with one attached hydrogen (secondary N) is 1. The standard InChI is InChI=1S/C13H21NO/c1-3-8-14-13(10-5-6-10)11-7-9-15-12(11)4-2/h7,9-10,13-14H,3-6,8H2,1-2H3. The molecule has 1 atom stereocenters. The van der Waals surface area contributed by atoms with E-state index in [0.29, 0.717) is 6.04 Å². The fourth-order valence-corrected chi connectivity index (χ4v) is 2.17. The number of hydrogen-bond acceptors (Lipinski definition) is 2. The van der Waals surface area contributed by atoms with E-state index in [1.54, 1.807) is 0 Å². The SMILES string of the molecule is CCCNC(c1ccoc1CC)C1CC1. The van der Waals surface area contributed by atoms with Gasteiger partial charge in [-0.25, -0.2) is 0 Å². The summed E-state index contributed by atoms with van der Waals surface area (Å²) in [7, 11) is 0. The Balaban J connectivity index is 2.09. The lowest BCUT2D eigenvalue weighted by molar-refractivity contribution is 0.455. The minimum atomic E-state index is 0.540. The Bertz CT molecular complexity index is 301. The van der Waals surface area contributed by atoms with E-state index in [0.717, 1.165) is 24.6 Å². The molecule has 1 saturated carbocycles. The largest absolute Gasteiger partial charge is 0.469 e. The van der Waals surface area contributed by atoms with Gasteiger partial charge in [0.05, 0.1) is 6.26 Å². The lowest BCUT2D eigenvalue weighted by atomic mass is 10.0. The van der Waals surface area contributed by atoms with Crippen molar-refractivity contribution in [1.82, 2.24) is 5.32 Å². The molecule has 2 rings (SSSR count). The van der Waals surface area contributed by atoms with Crippen molar-refractivity contribution in [2.45, 2.75) is 45.6 Å². The molecule has 0 saturated heterocycles. The van der Waals surface area contributed by atoms with Gasteiger partial charge in [0.25, 0.3) is 0 Å². The summed E-state index contributed by atoms with van der Waals surface area (Å²) in [4.78, 5) is 0. The molecule has 2 heteroatoms. The van der Waals surface area contributed by atoms with Crippen molar-refractivity contribution >= 4 is 0 Å². The highest BCUT2D eigenvalue weighted by Gasteiger charge is 2.33. The molecule has 0 radical (unpaired) electrons. The van der Waals surface area contributed by atoms with Gasteiger partial charge in [0.2, 0.25) is 0 Å². The Morgan fingerprint density at radius 1 is 1.47 bits per heavy atom. The van der Waals surface area contributed by atoms with Crippen molar-refractivity contribution < 1.29 is 4.42 Å². The molecule has 1 aliphatic carbocycles. The van der Waals surface area contributed by atoms with Gasteiger partial charge < -0.3 is 9.73 Å². The van der Waals surface area contributed by atoms with Gasteiger partial charge in [0.1, 0.15) is 5.76 Å². The Kier molecular flexibility index (Phi) is 3.47. The maximum Gasteiger partial charge on any atom is 0.108 e. The summed E-state index contributed by atoms with van der Waals surface area (Å²) in [6.45, 7) is 5.48. The molecular weight excluding hydrogens is 186 g/mol. The fraction of sp³-hybridized carbons (Fsp3) is 0.692. The van der Waals surface area contributed by atoms with Crippen molar-refractivity contribution in [1.29, 1.82) is 0 Å². The molecule has 1 unspecified atom stereocenters. The molecule has 0 amide bonds. The summed E-state index contributed by atoms with van der Waals surface area (Å²) < 4.78 is 5.51. The summed E-state index contributed by atoms with van der Waals surface area (Å²) in [5, 5.41) is 3.65. The van der Waals surface area contributed by atoms with Gasteiger partial charge in [-0.15, -0.1) is 0 Å². The van der Waals surface area contributed by atoms with Crippen LogP contribution in [0.2, 0.25) is 0 Å². The predicted octanol–water partition coefficient (Wildman–Crippen LogP) is 3.29. The first-order chi connectivity index (χ1) is 7.36. The minimum absolute atomic E-state index is 0.540. The van der Waals surface area contributed by atoms with Crippen LogP contribution in [0.3, 0.4) is 0 Å². The van der Waals surface area contributed by atoms with E-state index in [4.69, 9.17) is 4.42 Å². The quantitative estimate of drug-likeness (QED) is 0.774. The van der Waals surface area contributed by atoms with Crippen LogP contribution in [0.25, 0.3) is 0 Å². The van der Waals surface area contributed by atoms with Crippen LogP contribution in [-0.4, -0.2) is 6.54 Å². The van der Waals surface area contributed by atoms with Crippen molar-refractivity contribution in [3.05, 3.63) is 23.7 Å². The van der Waals surface area contributed by atoms with E-state index in [2.05, 4.69) is 25.2 Å². The van der Waals surface area contributed by atoms with Crippen LogP contribution >= 0.6 is 0 Å². The molecule has 1 heterocycles. The summed E-state index contributed by atoms with van der Waals surface area (Å²) in [5.41, 5.74) is 1.40. The van der Waals surface area contributed by atoms with Crippen molar-refractivity contribution in [3.63, 3.8) is 0 Å². The third kappa shape index (κ3) is 2.43. The highest BCUT2D eigenvalue weighted by atomic mass is 16.3. The zero-order valence-electron chi connectivity index (χ0n) is 9.75. The minimum Gasteiger partial charge on any atom is -0.469 e. The summed E-state index contributed by atoms with van der Waals surface area (Å²) in [6.07, 6.45) is 6.77. The lowest BCUT2D eigenvalue weighted by Crippen LogP contribution is -2.24. The van der Waals surface area contributed by atoms with E-state index in [1.807, 2.05) is 6.26 Å². The topological polar surface area (TPSA) is 25.2 Å². The summed E-state index contributed by atoms with van der Waals surface area (Å²) in [6, 6.07) is 2.68. The molecule has 1 fully saturated rings. The molecule has 0 aliphatic heterocycles. The summed E-state index contributed by atoms with van der Waals surface area (Å²) in [5.74, 6) is 2.01. The second-order valence-electron chi connectivity index (χ2n) is 4.42. The smallest absolute Gasteiger partial charge is 0.108 e. The van der Waals surface area contributed by atoms with Crippen LogP contribution < -0.4 is 5.32 Å². The third-order valence-electron chi connectivity index (χ3n) is 3.14. The zero-order chi connectivity index (χ0) is 10.7. The Morgan fingerprint density at radius 2 is 2.27 bits per heavy atom. The lowest BCUT2D eigenvalue weighted by Gasteiger charge is -2.17. The molecular formula is C13H21NO. The number of hydrogen-bond donors (Lipinski definition) is 1. The van der Waals surface area contributed by atoms with Crippen LogP contribution in [0.5, 0.6) is 0 Å². The molecule has 1 aliphatic rings. The first kappa shape index (κ1) is 10.7. The monoisotopic (exact) mass is 207 g/mol. The first-order valence-corrected chi connectivity index (χ1v) is 6.16. The second kappa shape index (κ2) is 4.84. The van der Waals surface area contributed by atoms with Gasteiger partial charge in [0, 0.05) is 18.0 Å². The van der Waals surface area contributed by atoms with Crippen LogP contribution in [-0.2, 0) is 6.42 Å². The predicted molar refractivity (Wildman–Crippen MR) is 61.8 cm³/mol. The van der Waals surface area contributed by atoms with E-state index >= 15 is 0 Å². The van der Waals surface area contributed by atoms with Crippen LogP contribution in [0, 0.1) is 5.92 Å². The molecule has 0 aromatic carbocycles. The summed E-state index contributed by atoms with van der Waals surface area (Å²) >= 11 is 0. The average Bonchev–Trinajstić information content (AvgIpc) is 2.97. The highest BCUT2D eigenvalue weighted by Crippen LogP contribution is 2.42.